The zero-order valence-electron chi connectivity index (χ0n) is 12.5. The number of ether oxygens (including phenoxy) is 1. The molecule has 2 aromatic rings. The fourth-order valence-electron chi connectivity index (χ4n) is 1.97. The second-order valence-corrected chi connectivity index (χ2v) is 5.09. The van der Waals surface area contributed by atoms with Crippen LogP contribution < -0.4 is 10.1 Å². The first-order valence-electron chi connectivity index (χ1n) is 7.14. The molecule has 0 radical (unpaired) electrons. The van der Waals surface area contributed by atoms with Crippen molar-refractivity contribution in [3.63, 3.8) is 0 Å². The first-order chi connectivity index (χ1) is 10.1. The molecule has 2 N–H and O–H groups in total. The van der Waals surface area contributed by atoms with Gasteiger partial charge in [0.15, 0.2) is 0 Å². The Balaban J connectivity index is 1.63. The fraction of sp³-hybridized carbons (Fsp3) is 0.375. The van der Waals surface area contributed by atoms with E-state index in [9.17, 15) is 4.79 Å². The Kier molecular flexibility index (Phi) is 5.37. The summed E-state index contributed by atoms with van der Waals surface area (Å²) in [5.41, 5.74) is 2.33. The Bertz CT molecular complexity index is 579. The third kappa shape index (κ3) is 4.95. The van der Waals surface area contributed by atoms with Gasteiger partial charge in [0.1, 0.15) is 11.6 Å². The summed E-state index contributed by atoms with van der Waals surface area (Å²) in [6.07, 6.45) is 3.73. The van der Waals surface area contributed by atoms with Crippen LogP contribution >= 0.6 is 0 Å². The molecule has 0 aliphatic carbocycles. The van der Waals surface area contributed by atoms with Crippen LogP contribution in [0.4, 0.5) is 5.82 Å². The minimum atomic E-state index is -0.00835. The summed E-state index contributed by atoms with van der Waals surface area (Å²) >= 11 is 0. The van der Waals surface area contributed by atoms with Crippen LogP contribution in [0.2, 0.25) is 0 Å². The minimum absolute atomic E-state index is 0.00835. The third-order valence-corrected chi connectivity index (χ3v) is 3.17. The summed E-state index contributed by atoms with van der Waals surface area (Å²) < 4.78 is 5.76. The van der Waals surface area contributed by atoms with Crippen molar-refractivity contribution in [1.82, 2.24) is 10.2 Å². The van der Waals surface area contributed by atoms with E-state index in [2.05, 4.69) is 27.6 Å². The molecule has 112 valence electrons. The summed E-state index contributed by atoms with van der Waals surface area (Å²) in [4.78, 5) is 11.6. The van der Waals surface area contributed by atoms with Crippen molar-refractivity contribution in [2.24, 2.45) is 0 Å². The van der Waals surface area contributed by atoms with Gasteiger partial charge in [0.05, 0.1) is 12.8 Å². The number of amides is 1. The molecule has 5 heteroatoms. The number of hydrogen-bond donors (Lipinski definition) is 2. The number of carbonyl (C=O) groups excluding carboxylic acids is 1. The Morgan fingerprint density at radius 1 is 1.29 bits per heavy atom. The number of unbranched alkanes of at least 4 members (excludes halogenated alkanes) is 1. The predicted molar refractivity (Wildman–Crippen MR) is 82.5 cm³/mol. The summed E-state index contributed by atoms with van der Waals surface area (Å²) in [6.45, 7) is 4.71. The number of anilines is 1. The Hall–Kier alpha value is -2.30. The van der Waals surface area contributed by atoms with Crippen molar-refractivity contribution in [3.8, 4) is 5.75 Å². The Labute approximate surface area is 124 Å². The van der Waals surface area contributed by atoms with E-state index in [0.717, 1.165) is 24.2 Å². The maximum absolute atomic E-state index is 11.6. The van der Waals surface area contributed by atoms with Crippen molar-refractivity contribution >= 4 is 11.7 Å². The second kappa shape index (κ2) is 7.47. The number of nitrogens with one attached hydrogen (secondary N) is 2. The molecule has 0 spiro atoms. The molecule has 0 atom stereocenters. The van der Waals surface area contributed by atoms with Crippen LogP contribution in [-0.2, 0) is 4.79 Å². The highest BCUT2D eigenvalue weighted by Crippen LogP contribution is 2.19. The van der Waals surface area contributed by atoms with E-state index in [4.69, 9.17) is 4.74 Å². The number of hydrogen-bond acceptors (Lipinski definition) is 3. The lowest BCUT2D eigenvalue weighted by Gasteiger charge is -2.09. The normalized spacial score (nSPS) is 10.4. The van der Waals surface area contributed by atoms with E-state index in [-0.39, 0.29) is 5.91 Å². The quantitative estimate of drug-likeness (QED) is 0.768. The number of aromatic nitrogens is 2. The predicted octanol–water partition coefficient (Wildman–Crippen LogP) is 3.21. The topological polar surface area (TPSA) is 67.0 Å². The van der Waals surface area contributed by atoms with E-state index in [0.29, 0.717) is 18.8 Å². The average molecular weight is 287 g/mol. The monoisotopic (exact) mass is 287 g/mol. The molecular weight excluding hydrogens is 266 g/mol. The Morgan fingerprint density at radius 2 is 2.14 bits per heavy atom. The van der Waals surface area contributed by atoms with Gasteiger partial charge in [-0.2, -0.15) is 5.10 Å². The molecule has 2 rings (SSSR count). The zero-order chi connectivity index (χ0) is 15.1. The molecule has 0 unspecified atom stereocenters. The minimum Gasteiger partial charge on any atom is -0.493 e. The van der Waals surface area contributed by atoms with Gasteiger partial charge in [-0.1, -0.05) is 12.1 Å². The van der Waals surface area contributed by atoms with Crippen LogP contribution in [0, 0.1) is 13.8 Å². The summed E-state index contributed by atoms with van der Waals surface area (Å²) in [6, 6.07) is 7.90. The third-order valence-electron chi connectivity index (χ3n) is 3.17. The smallest absolute Gasteiger partial charge is 0.225 e. The number of carbonyl (C=O) groups is 1. The maximum Gasteiger partial charge on any atom is 0.225 e. The van der Waals surface area contributed by atoms with Crippen molar-refractivity contribution in [3.05, 3.63) is 41.6 Å². The van der Waals surface area contributed by atoms with Gasteiger partial charge in [0.2, 0.25) is 5.91 Å². The maximum atomic E-state index is 11.6. The standard InChI is InChI=1S/C16H21N3O2/c1-12-6-7-13(2)14(11-12)21-10-4-3-5-16(20)18-15-8-9-17-19-15/h6-9,11H,3-5,10H2,1-2H3,(H2,17,18,19,20). The Morgan fingerprint density at radius 3 is 2.90 bits per heavy atom. The molecule has 0 saturated heterocycles. The van der Waals surface area contributed by atoms with Crippen LogP contribution in [0.3, 0.4) is 0 Å². The highest BCUT2D eigenvalue weighted by molar-refractivity contribution is 5.89. The van der Waals surface area contributed by atoms with Gasteiger partial charge in [-0.05, 0) is 43.9 Å². The molecule has 0 fully saturated rings. The van der Waals surface area contributed by atoms with Crippen LogP contribution in [0.25, 0.3) is 0 Å². The van der Waals surface area contributed by atoms with E-state index < -0.39 is 0 Å². The summed E-state index contributed by atoms with van der Waals surface area (Å²) in [5.74, 6) is 1.55. The first-order valence-corrected chi connectivity index (χ1v) is 7.14. The molecule has 1 amide bonds. The van der Waals surface area contributed by atoms with Gasteiger partial charge in [-0.25, -0.2) is 0 Å². The molecule has 0 aliphatic rings. The second-order valence-electron chi connectivity index (χ2n) is 5.09. The lowest BCUT2D eigenvalue weighted by atomic mass is 10.1. The highest BCUT2D eigenvalue weighted by atomic mass is 16.5. The largest absolute Gasteiger partial charge is 0.493 e. The molecule has 0 bridgehead atoms. The molecule has 1 aromatic carbocycles. The van der Waals surface area contributed by atoms with Crippen LogP contribution in [0.15, 0.2) is 30.5 Å². The number of aryl methyl sites for hydroxylation is 2. The highest BCUT2D eigenvalue weighted by Gasteiger charge is 2.04. The van der Waals surface area contributed by atoms with E-state index in [1.165, 1.54) is 5.56 Å². The van der Waals surface area contributed by atoms with Gasteiger partial charge in [0.25, 0.3) is 0 Å². The van der Waals surface area contributed by atoms with Crippen molar-refractivity contribution in [1.29, 1.82) is 0 Å². The van der Waals surface area contributed by atoms with Crippen molar-refractivity contribution < 1.29 is 9.53 Å². The first kappa shape index (κ1) is 15.1. The molecule has 21 heavy (non-hydrogen) atoms. The SMILES string of the molecule is Cc1ccc(C)c(OCCCCC(=O)Nc2ccn[nH]2)c1. The molecule has 5 nitrogen and oxygen atoms in total. The molecule has 0 aliphatic heterocycles. The van der Waals surface area contributed by atoms with Crippen molar-refractivity contribution in [2.75, 3.05) is 11.9 Å². The lowest BCUT2D eigenvalue weighted by molar-refractivity contribution is -0.116. The van der Waals surface area contributed by atoms with Gasteiger partial charge < -0.3 is 10.1 Å². The number of rotatable bonds is 7. The van der Waals surface area contributed by atoms with E-state index >= 15 is 0 Å². The van der Waals surface area contributed by atoms with E-state index in [1.807, 2.05) is 19.9 Å². The summed E-state index contributed by atoms with van der Waals surface area (Å²) in [7, 11) is 0. The van der Waals surface area contributed by atoms with Gasteiger partial charge >= 0.3 is 0 Å². The fourth-order valence-corrected chi connectivity index (χ4v) is 1.97. The van der Waals surface area contributed by atoms with Crippen LogP contribution in [0.1, 0.15) is 30.4 Å². The zero-order valence-corrected chi connectivity index (χ0v) is 12.5. The number of benzene rings is 1. The molecular formula is C16H21N3O2. The average Bonchev–Trinajstić information content (AvgIpc) is 2.95. The number of nitrogens with zero attached hydrogens (tertiary/aromatic N) is 1. The van der Waals surface area contributed by atoms with Gasteiger partial charge in [0, 0.05) is 12.5 Å². The molecule has 1 heterocycles. The molecule has 1 aromatic heterocycles. The number of H-pyrrole nitrogens is 1. The summed E-state index contributed by atoms with van der Waals surface area (Å²) in [5, 5.41) is 9.22. The van der Waals surface area contributed by atoms with E-state index in [1.54, 1.807) is 12.3 Å². The van der Waals surface area contributed by atoms with Crippen LogP contribution in [-0.4, -0.2) is 22.7 Å². The number of aromatic amines is 1. The lowest BCUT2D eigenvalue weighted by Crippen LogP contribution is -2.12. The van der Waals surface area contributed by atoms with Crippen molar-refractivity contribution in [2.45, 2.75) is 33.1 Å². The van der Waals surface area contributed by atoms with Crippen LogP contribution in [0.5, 0.6) is 5.75 Å². The molecule has 0 saturated carbocycles. The van der Waals surface area contributed by atoms with Gasteiger partial charge in [-0.3, -0.25) is 9.89 Å². The van der Waals surface area contributed by atoms with Gasteiger partial charge in [-0.15, -0.1) is 0 Å².